The minimum Gasteiger partial charge on any atom is -0.331 e. The zero-order valence-electron chi connectivity index (χ0n) is 10.4. The number of aromatic nitrogens is 2. The maximum Gasteiger partial charge on any atom is 0.177 e. The molecule has 0 saturated heterocycles. The minimum atomic E-state index is 0. The largest absolute Gasteiger partial charge is 0.331 e. The topological polar surface area (TPSA) is 20.7 Å². The molecule has 0 aliphatic heterocycles. The van der Waals surface area contributed by atoms with Gasteiger partial charge in [-0.25, -0.2) is 0 Å². The second-order valence-corrected chi connectivity index (χ2v) is 4.84. The molecule has 3 rings (SSSR count). The molecule has 96 valence electrons. The van der Waals surface area contributed by atoms with Crippen LogP contribution in [0.5, 0.6) is 0 Å². The molecule has 3 aromatic rings. The minimum absolute atomic E-state index is 0. The zero-order valence-corrected chi connectivity index (χ0v) is 11.2. The number of hydrogen-bond acceptors (Lipinski definition) is 1. The molecular formula is C16H16N2S. The van der Waals surface area contributed by atoms with E-state index in [1.54, 1.807) is 0 Å². The number of nitrogens with zero attached hydrogens (tertiary/aromatic N) is 1. The van der Waals surface area contributed by atoms with Crippen LogP contribution in [0, 0.1) is 4.77 Å². The highest BCUT2D eigenvalue weighted by molar-refractivity contribution is 7.71. The van der Waals surface area contributed by atoms with Crippen LogP contribution >= 0.6 is 12.2 Å². The van der Waals surface area contributed by atoms with Crippen LogP contribution < -0.4 is 0 Å². The average molecular weight is 268 g/mol. The number of benzene rings is 2. The summed E-state index contributed by atoms with van der Waals surface area (Å²) >= 11 is 5.38. The van der Waals surface area contributed by atoms with Gasteiger partial charge in [-0.15, -0.1) is 0 Å². The molecule has 2 nitrogen and oxygen atoms in total. The Balaban J connectivity index is 0.00000147. The SMILES string of the molecule is S=c1[nH]c(-c2ccccc2)cn1Cc1ccccc1.[HH]. The Kier molecular flexibility index (Phi) is 3.29. The van der Waals surface area contributed by atoms with Crippen molar-refractivity contribution in [3.63, 3.8) is 0 Å². The van der Waals surface area contributed by atoms with Crippen molar-refractivity contribution in [3.05, 3.63) is 77.2 Å². The van der Waals surface area contributed by atoms with Crippen LogP contribution in [0.2, 0.25) is 0 Å². The van der Waals surface area contributed by atoms with E-state index in [1.165, 1.54) is 5.56 Å². The van der Waals surface area contributed by atoms with Gasteiger partial charge >= 0.3 is 0 Å². The second kappa shape index (κ2) is 5.24. The third-order valence-electron chi connectivity index (χ3n) is 3.07. The normalized spacial score (nSPS) is 10.5. The Morgan fingerprint density at radius 3 is 2.26 bits per heavy atom. The van der Waals surface area contributed by atoms with E-state index in [2.05, 4.69) is 40.0 Å². The molecule has 1 aromatic heterocycles. The predicted molar refractivity (Wildman–Crippen MR) is 82.7 cm³/mol. The fraction of sp³-hybridized carbons (Fsp3) is 0.0625. The smallest absolute Gasteiger partial charge is 0.177 e. The number of imidazole rings is 1. The quantitative estimate of drug-likeness (QED) is 0.693. The molecule has 3 heteroatoms. The highest BCUT2D eigenvalue weighted by Crippen LogP contribution is 2.17. The molecule has 0 atom stereocenters. The first-order valence-corrected chi connectivity index (χ1v) is 6.62. The summed E-state index contributed by atoms with van der Waals surface area (Å²) in [6, 6.07) is 20.6. The lowest BCUT2D eigenvalue weighted by atomic mass is 10.2. The van der Waals surface area contributed by atoms with Gasteiger partial charge in [-0.05, 0) is 23.3 Å². The Labute approximate surface area is 118 Å². The highest BCUT2D eigenvalue weighted by atomic mass is 32.1. The molecule has 1 heterocycles. The van der Waals surface area contributed by atoms with Crippen molar-refractivity contribution < 1.29 is 1.43 Å². The van der Waals surface area contributed by atoms with Crippen LogP contribution in [0.25, 0.3) is 11.3 Å². The standard InChI is InChI=1S/C16H14N2S.H2/c19-16-17-15(14-9-5-2-6-10-14)12-18(16)11-13-7-3-1-4-8-13;/h1-10,12H,11H2,(H,17,19);1H. The summed E-state index contributed by atoms with van der Waals surface area (Å²) in [4.78, 5) is 3.26. The first-order valence-electron chi connectivity index (χ1n) is 6.22. The van der Waals surface area contributed by atoms with Gasteiger partial charge < -0.3 is 9.55 Å². The summed E-state index contributed by atoms with van der Waals surface area (Å²) in [7, 11) is 0. The van der Waals surface area contributed by atoms with E-state index in [4.69, 9.17) is 12.2 Å². The maximum atomic E-state index is 5.38. The summed E-state index contributed by atoms with van der Waals surface area (Å²) in [5.74, 6) is 0. The third-order valence-corrected chi connectivity index (χ3v) is 3.40. The number of nitrogens with one attached hydrogen (secondary N) is 1. The van der Waals surface area contributed by atoms with E-state index in [0.29, 0.717) is 0 Å². The van der Waals surface area contributed by atoms with Crippen LogP contribution in [0.1, 0.15) is 6.99 Å². The number of H-pyrrole nitrogens is 1. The lowest BCUT2D eigenvalue weighted by Gasteiger charge is -2.01. The molecule has 1 N–H and O–H groups in total. The van der Waals surface area contributed by atoms with E-state index in [0.717, 1.165) is 22.6 Å². The molecule has 0 saturated carbocycles. The number of rotatable bonds is 3. The van der Waals surface area contributed by atoms with E-state index in [1.807, 2.05) is 36.4 Å². The first kappa shape index (κ1) is 11.9. The maximum absolute atomic E-state index is 5.38. The summed E-state index contributed by atoms with van der Waals surface area (Å²) < 4.78 is 2.82. The van der Waals surface area contributed by atoms with E-state index < -0.39 is 0 Å². The van der Waals surface area contributed by atoms with Crippen LogP contribution in [0.15, 0.2) is 66.9 Å². The Morgan fingerprint density at radius 1 is 0.947 bits per heavy atom. The van der Waals surface area contributed by atoms with Crippen molar-refractivity contribution in [1.29, 1.82) is 0 Å². The molecule has 19 heavy (non-hydrogen) atoms. The van der Waals surface area contributed by atoms with E-state index in [-0.39, 0.29) is 1.43 Å². The summed E-state index contributed by atoms with van der Waals surface area (Å²) in [6.45, 7) is 0.795. The molecule has 0 bridgehead atoms. The molecule has 0 spiro atoms. The fourth-order valence-corrected chi connectivity index (χ4v) is 2.32. The summed E-state index contributed by atoms with van der Waals surface area (Å²) in [6.07, 6.45) is 2.07. The van der Waals surface area contributed by atoms with Crippen LogP contribution in [0.3, 0.4) is 0 Å². The van der Waals surface area contributed by atoms with Crippen molar-refractivity contribution in [2.75, 3.05) is 0 Å². The van der Waals surface area contributed by atoms with Gasteiger partial charge in [-0.3, -0.25) is 0 Å². The fourth-order valence-electron chi connectivity index (χ4n) is 2.10. The van der Waals surface area contributed by atoms with Gasteiger partial charge in [0.05, 0.1) is 5.69 Å². The molecule has 0 fully saturated rings. The molecule has 0 aliphatic rings. The monoisotopic (exact) mass is 268 g/mol. The van der Waals surface area contributed by atoms with Crippen molar-refractivity contribution in [3.8, 4) is 11.3 Å². The second-order valence-electron chi connectivity index (χ2n) is 4.45. The average Bonchev–Trinajstić information content (AvgIpc) is 2.82. The van der Waals surface area contributed by atoms with Gasteiger partial charge in [0, 0.05) is 14.2 Å². The summed E-state index contributed by atoms with van der Waals surface area (Å²) in [5, 5.41) is 0. The van der Waals surface area contributed by atoms with E-state index in [9.17, 15) is 0 Å². The lowest BCUT2D eigenvalue weighted by Crippen LogP contribution is -1.97. The van der Waals surface area contributed by atoms with Gasteiger partial charge in [0.25, 0.3) is 0 Å². The molecule has 2 aromatic carbocycles. The van der Waals surface area contributed by atoms with Crippen LogP contribution in [-0.4, -0.2) is 9.55 Å². The Morgan fingerprint density at radius 2 is 1.58 bits per heavy atom. The highest BCUT2D eigenvalue weighted by Gasteiger charge is 2.03. The first-order chi connectivity index (χ1) is 9.33. The van der Waals surface area contributed by atoms with Gasteiger partial charge in [-0.2, -0.15) is 0 Å². The van der Waals surface area contributed by atoms with Gasteiger partial charge in [0.15, 0.2) is 4.77 Å². The molecule has 0 aliphatic carbocycles. The molecular weight excluding hydrogens is 252 g/mol. The summed E-state index contributed by atoms with van der Waals surface area (Å²) in [5.41, 5.74) is 3.46. The lowest BCUT2D eigenvalue weighted by molar-refractivity contribution is 0.784. The molecule has 0 radical (unpaired) electrons. The molecule has 0 amide bonds. The van der Waals surface area contributed by atoms with Crippen molar-refractivity contribution in [2.24, 2.45) is 0 Å². The number of aromatic amines is 1. The zero-order chi connectivity index (χ0) is 13.1. The Hall–Kier alpha value is -2.13. The third kappa shape index (κ3) is 2.66. The Bertz CT molecular complexity index is 717. The number of hydrogen-bond donors (Lipinski definition) is 1. The van der Waals surface area contributed by atoms with E-state index >= 15 is 0 Å². The van der Waals surface area contributed by atoms with Crippen molar-refractivity contribution in [1.82, 2.24) is 9.55 Å². The van der Waals surface area contributed by atoms with Gasteiger partial charge in [0.1, 0.15) is 0 Å². The van der Waals surface area contributed by atoms with Crippen LogP contribution in [0.4, 0.5) is 0 Å². The van der Waals surface area contributed by atoms with Crippen molar-refractivity contribution in [2.45, 2.75) is 6.54 Å². The van der Waals surface area contributed by atoms with Crippen molar-refractivity contribution >= 4 is 12.2 Å². The van der Waals surface area contributed by atoms with Gasteiger partial charge in [0.2, 0.25) is 0 Å². The predicted octanol–water partition coefficient (Wildman–Crippen LogP) is 4.51. The van der Waals surface area contributed by atoms with Crippen LogP contribution in [-0.2, 0) is 6.54 Å². The van der Waals surface area contributed by atoms with Gasteiger partial charge in [-0.1, -0.05) is 60.7 Å². The molecule has 0 unspecified atom stereocenters.